The summed E-state index contributed by atoms with van der Waals surface area (Å²) in [5, 5.41) is -0.578. The second kappa shape index (κ2) is 3.63. The van der Waals surface area contributed by atoms with Crippen molar-refractivity contribution < 1.29 is 13.2 Å². The lowest BCUT2D eigenvalue weighted by atomic mass is 10.1. The monoisotopic (exact) mass is 208 g/mol. The van der Waals surface area contributed by atoms with Gasteiger partial charge in [0.25, 0.3) is 0 Å². The van der Waals surface area contributed by atoms with Gasteiger partial charge >= 0.3 is 0 Å². The predicted octanol–water partition coefficient (Wildman–Crippen LogP) is -0.422. The molecular weight excluding hydrogens is 192 g/mol. The second-order valence-electron chi connectivity index (χ2n) is 3.69. The maximum Gasteiger partial charge on any atom is 0.238 e. The van der Waals surface area contributed by atoms with Gasteiger partial charge < -0.3 is 5.73 Å². The van der Waals surface area contributed by atoms with E-state index in [1.165, 1.54) is 27.7 Å². The lowest BCUT2D eigenvalue weighted by Crippen LogP contribution is -2.54. The molecule has 0 atom stereocenters. The number of amides is 1. The topological polar surface area (TPSA) is 89.3 Å². The molecule has 0 aromatic heterocycles. The first-order chi connectivity index (χ1) is 5.59. The van der Waals surface area contributed by atoms with Crippen LogP contribution >= 0.6 is 0 Å². The molecule has 0 aromatic rings. The molecule has 0 fully saturated rings. The van der Waals surface area contributed by atoms with E-state index >= 15 is 0 Å². The zero-order valence-corrected chi connectivity index (χ0v) is 9.10. The van der Waals surface area contributed by atoms with Crippen molar-refractivity contribution in [3.05, 3.63) is 0 Å². The summed E-state index contributed by atoms with van der Waals surface area (Å²) in [6.45, 7) is 5.91. The molecule has 0 aliphatic rings. The molecule has 0 aliphatic heterocycles. The molecule has 0 rings (SSSR count). The van der Waals surface area contributed by atoms with Gasteiger partial charge in [0.15, 0.2) is 0 Å². The van der Waals surface area contributed by atoms with E-state index in [1.54, 1.807) is 0 Å². The number of carbonyl (C=O) groups excluding carboxylic acids is 1. The Morgan fingerprint density at radius 2 is 1.77 bits per heavy atom. The third-order valence-corrected chi connectivity index (χ3v) is 3.67. The van der Waals surface area contributed by atoms with Gasteiger partial charge in [-0.15, -0.1) is 0 Å². The largest absolute Gasteiger partial charge is 0.368 e. The summed E-state index contributed by atoms with van der Waals surface area (Å²) in [7, 11) is -3.45. The molecule has 0 spiro atoms. The highest BCUT2D eigenvalue weighted by Crippen LogP contribution is 2.06. The van der Waals surface area contributed by atoms with Crippen molar-refractivity contribution in [3.8, 4) is 0 Å². The Hall–Kier alpha value is -0.620. The van der Waals surface area contributed by atoms with Gasteiger partial charge in [0.2, 0.25) is 15.9 Å². The van der Waals surface area contributed by atoms with Gasteiger partial charge in [0.1, 0.15) is 5.54 Å². The Balaban J connectivity index is 4.73. The Bertz CT molecular complexity index is 293. The first-order valence-electron chi connectivity index (χ1n) is 3.92. The molecule has 0 saturated heterocycles. The first kappa shape index (κ1) is 12.4. The Morgan fingerprint density at radius 3 is 2.00 bits per heavy atom. The molecule has 78 valence electrons. The number of hydrogen-bond acceptors (Lipinski definition) is 3. The fraction of sp³-hybridized carbons (Fsp3) is 0.857. The van der Waals surface area contributed by atoms with Gasteiger partial charge in [-0.1, -0.05) is 0 Å². The van der Waals surface area contributed by atoms with E-state index < -0.39 is 26.7 Å². The van der Waals surface area contributed by atoms with Crippen molar-refractivity contribution >= 4 is 15.9 Å². The van der Waals surface area contributed by atoms with Gasteiger partial charge in [-0.05, 0) is 27.7 Å². The van der Waals surface area contributed by atoms with E-state index in [-0.39, 0.29) is 0 Å². The van der Waals surface area contributed by atoms with Crippen LogP contribution in [-0.2, 0) is 14.8 Å². The van der Waals surface area contributed by atoms with Crippen LogP contribution in [0.15, 0.2) is 0 Å². The average Bonchev–Trinajstić information content (AvgIpc) is 1.83. The summed E-state index contributed by atoms with van der Waals surface area (Å²) in [5.74, 6) is -0.697. The van der Waals surface area contributed by atoms with Crippen LogP contribution in [0.25, 0.3) is 0 Å². The lowest BCUT2D eigenvalue weighted by Gasteiger charge is -2.23. The highest BCUT2D eigenvalue weighted by atomic mass is 32.2. The smallest absolute Gasteiger partial charge is 0.238 e. The third-order valence-electron chi connectivity index (χ3n) is 1.63. The van der Waals surface area contributed by atoms with Crippen LogP contribution in [0.4, 0.5) is 0 Å². The van der Waals surface area contributed by atoms with Crippen LogP contribution in [0.1, 0.15) is 27.7 Å². The predicted molar refractivity (Wildman–Crippen MR) is 50.5 cm³/mol. The van der Waals surface area contributed by atoms with Crippen molar-refractivity contribution in [1.82, 2.24) is 4.72 Å². The molecule has 0 aromatic carbocycles. The van der Waals surface area contributed by atoms with Gasteiger partial charge in [0.05, 0.1) is 5.25 Å². The molecule has 0 bridgehead atoms. The van der Waals surface area contributed by atoms with Crippen molar-refractivity contribution in [2.45, 2.75) is 38.5 Å². The van der Waals surface area contributed by atoms with Crippen LogP contribution in [-0.4, -0.2) is 25.1 Å². The van der Waals surface area contributed by atoms with Crippen molar-refractivity contribution in [2.75, 3.05) is 0 Å². The molecule has 6 heteroatoms. The minimum Gasteiger partial charge on any atom is -0.368 e. The third kappa shape index (κ3) is 3.31. The quantitative estimate of drug-likeness (QED) is 0.657. The highest BCUT2D eigenvalue weighted by Gasteiger charge is 2.31. The number of carbonyl (C=O) groups is 1. The Labute approximate surface area is 78.7 Å². The van der Waals surface area contributed by atoms with Gasteiger partial charge in [-0.25, -0.2) is 13.1 Å². The standard InChI is InChI=1S/C7H16N2O3S/c1-5(2)13(11,12)9-7(3,4)6(8)10/h5,9H,1-4H3,(H2,8,10). The van der Waals surface area contributed by atoms with E-state index in [0.717, 1.165) is 0 Å². The fourth-order valence-corrected chi connectivity index (χ4v) is 1.57. The van der Waals surface area contributed by atoms with Gasteiger partial charge in [-0.3, -0.25) is 4.79 Å². The van der Waals surface area contributed by atoms with E-state index in [9.17, 15) is 13.2 Å². The number of rotatable bonds is 4. The van der Waals surface area contributed by atoms with Crippen molar-refractivity contribution in [2.24, 2.45) is 5.73 Å². The maximum atomic E-state index is 11.3. The molecule has 0 heterocycles. The van der Waals surface area contributed by atoms with Gasteiger partial charge in [0, 0.05) is 0 Å². The zero-order chi connectivity index (χ0) is 10.9. The van der Waals surface area contributed by atoms with Crippen LogP contribution in [0.5, 0.6) is 0 Å². The Kier molecular flexibility index (Phi) is 3.46. The van der Waals surface area contributed by atoms with E-state index in [0.29, 0.717) is 0 Å². The molecule has 0 aliphatic carbocycles. The fourth-order valence-electron chi connectivity index (χ4n) is 0.524. The highest BCUT2D eigenvalue weighted by molar-refractivity contribution is 7.90. The molecule has 0 radical (unpaired) electrons. The summed E-state index contributed by atoms with van der Waals surface area (Å²) >= 11 is 0. The van der Waals surface area contributed by atoms with Crippen molar-refractivity contribution in [1.29, 1.82) is 0 Å². The van der Waals surface area contributed by atoms with Gasteiger partial charge in [-0.2, -0.15) is 0 Å². The summed E-state index contributed by atoms with van der Waals surface area (Å²) in [5.41, 5.74) is 3.78. The summed E-state index contributed by atoms with van der Waals surface area (Å²) in [6, 6.07) is 0. The molecule has 13 heavy (non-hydrogen) atoms. The van der Waals surface area contributed by atoms with Crippen LogP contribution < -0.4 is 10.5 Å². The molecular formula is C7H16N2O3S. The Morgan fingerprint density at radius 1 is 1.38 bits per heavy atom. The van der Waals surface area contributed by atoms with Crippen molar-refractivity contribution in [3.63, 3.8) is 0 Å². The molecule has 0 unspecified atom stereocenters. The first-order valence-corrected chi connectivity index (χ1v) is 5.47. The second-order valence-corrected chi connectivity index (χ2v) is 5.92. The molecule has 0 saturated carbocycles. The number of nitrogens with two attached hydrogens (primary N) is 1. The lowest BCUT2D eigenvalue weighted by molar-refractivity contribution is -0.122. The zero-order valence-electron chi connectivity index (χ0n) is 8.29. The normalized spacial score (nSPS) is 13.3. The summed E-state index contributed by atoms with van der Waals surface area (Å²) in [6.07, 6.45) is 0. The average molecular weight is 208 g/mol. The number of sulfonamides is 1. The summed E-state index contributed by atoms with van der Waals surface area (Å²) < 4.78 is 24.9. The summed E-state index contributed by atoms with van der Waals surface area (Å²) in [4.78, 5) is 10.8. The van der Waals surface area contributed by atoms with E-state index in [2.05, 4.69) is 4.72 Å². The van der Waals surface area contributed by atoms with E-state index in [4.69, 9.17) is 5.73 Å². The molecule has 3 N–H and O–H groups in total. The number of nitrogens with one attached hydrogen (secondary N) is 1. The van der Waals surface area contributed by atoms with Crippen LogP contribution in [0, 0.1) is 0 Å². The maximum absolute atomic E-state index is 11.3. The number of hydrogen-bond donors (Lipinski definition) is 2. The van der Waals surface area contributed by atoms with Crippen LogP contribution in [0.2, 0.25) is 0 Å². The van der Waals surface area contributed by atoms with E-state index in [1.807, 2.05) is 0 Å². The van der Waals surface area contributed by atoms with Crippen LogP contribution in [0.3, 0.4) is 0 Å². The number of primary amides is 1. The minimum atomic E-state index is -3.45. The minimum absolute atomic E-state index is 0.578. The molecule has 5 nitrogen and oxygen atoms in total. The SMILES string of the molecule is CC(C)S(=O)(=O)NC(C)(C)C(N)=O. The molecule has 1 amide bonds.